The Kier molecular flexibility index (Phi) is 4.86. The maximum Gasteiger partial charge on any atom is 0.254 e. The topological polar surface area (TPSA) is 42.0 Å². The normalized spacial score (nSPS) is 12.6. The van der Waals surface area contributed by atoms with E-state index >= 15 is 0 Å². The summed E-state index contributed by atoms with van der Waals surface area (Å²) in [6.45, 7) is 4.55. The van der Waals surface area contributed by atoms with Gasteiger partial charge in [0.1, 0.15) is 0 Å². The number of amides is 1. The Morgan fingerprint density at radius 1 is 1.62 bits per heavy atom. The van der Waals surface area contributed by atoms with Gasteiger partial charge < -0.3 is 5.32 Å². The summed E-state index contributed by atoms with van der Waals surface area (Å²) in [5.74, 6) is -0.608. The first-order valence-corrected chi connectivity index (χ1v) is 5.95. The van der Waals surface area contributed by atoms with Gasteiger partial charge in [0.15, 0.2) is 5.82 Å². The van der Waals surface area contributed by atoms with Crippen molar-refractivity contribution in [2.75, 3.05) is 6.54 Å². The number of pyridine rings is 1. The molecule has 1 amide bonds. The second-order valence-corrected chi connectivity index (χ2v) is 5.00. The fourth-order valence-electron chi connectivity index (χ4n) is 1.08. The molecule has 0 aliphatic heterocycles. The smallest absolute Gasteiger partial charge is 0.254 e. The molecule has 1 aromatic heterocycles. The van der Waals surface area contributed by atoms with Gasteiger partial charge in [-0.3, -0.25) is 9.78 Å². The van der Waals surface area contributed by atoms with Crippen molar-refractivity contribution in [1.82, 2.24) is 10.3 Å². The SMILES string of the molecule is CC(C)C(Br)CNC(=O)c1ccncc1F. The summed E-state index contributed by atoms with van der Waals surface area (Å²) in [5, 5.41) is 2.67. The van der Waals surface area contributed by atoms with Gasteiger partial charge in [-0.25, -0.2) is 4.39 Å². The zero-order valence-corrected chi connectivity index (χ0v) is 10.8. The number of nitrogens with zero attached hydrogens (tertiary/aromatic N) is 1. The molecule has 5 heteroatoms. The highest BCUT2D eigenvalue weighted by atomic mass is 79.9. The first-order valence-electron chi connectivity index (χ1n) is 5.04. The van der Waals surface area contributed by atoms with E-state index in [9.17, 15) is 9.18 Å². The molecule has 16 heavy (non-hydrogen) atoms. The Bertz CT molecular complexity index is 371. The van der Waals surface area contributed by atoms with Gasteiger partial charge in [0.2, 0.25) is 0 Å². The lowest BCUT2D eigenvalue weighted by molar-refractivity contribution is 0.0948. The first-order chi connectivity index (χ1) is 7.52. The predicted molar refractivity (Wildman–Crippen MR) is 64.1 cm³/mol. The molecular weight excluding hydrogens is 275 g/mol. The van der Waals surface area contributed by atoms with Crippen LogP contribution in [0.15, 0.2) is 18.5 Å². The van der Waals surface area contributed by atoms with E-state index in [-0.39, 0.29) is 10.4 Å². The average Bonchev–Trinajstić information content (AvgIpc) is 2.25. The third kappa shape index (κ3) is 3.56. The van der Waals surface area contributed by atoms with Crippen LogP contribution in [0.3, 0.4) is 0 Å². The lowest BCUT2D eigenvalue weighted by atomic mass is 10.1. The summed E-state index contributed by atoms with van der Waals surface area (Å²) in [7, 11) is 0. The number of hydrogen-bond acceptors (Lipinski definition) is 2. The minimum Gasteiger partial charge on any atom is -0.351 e. The van der Waals surface area contributed by atoms with E-state index < -0.39 is 11.7 Å². The molecule has 3 nitrogen and oxygen atoms in total. The maximum atomic E-state index is 13.2. The summed E-state index contributed by atoms with van der Waals surface area (Å²) >= 11 is 3.44. The molecule has 0 saturated carbocycles. The molecule has 1 rings (SSSR count). The van der Waals surface area contributed by atoms with Crippen molar-refractivity contribution >= 4 is 21.8 Å². The Labute approximate surface area is 103 Å². The number of carbonyl (C=O) groups excluding carboxylic acids is 1. The van der Waals surface area contributed by atoms with Gasteiger partial charge in [-0.1, -0.05) is 29.8 Å². The van der Waals surface area contributed by atoms with Crippen LogP contribution >= 0.6 is 15.9 Å². The van der Waals surface area contributed by atoms with Crippen LogP contribution in [0.5, 0.6) is 0 Å². The van der Waals surface area contributed by atoms with Gasteiger partial charge in [0, 0.05) is 17.6 Å². The summed E-state index contributed by atoms with van der Waals surface area (Å²) in [6.07, 6.45) is 2.43. The molecule has 0 bridgehead atoms. The molecule has 0 fully saturated rings. The molecule has 0 radical (unpaired) electrons. The van der Waals surface area contributed by atoms with Crippen molar-refractivity contribution in [1.29, 1.82) is 0 Å². The largest absolute Gasteiger partial charge is 0.351 e. The number of alkyl halides is 1. The first kappa shape index (κ1) is 13.1. The fraction of sp³-hybridized carbons (Fsp3) is 0.455. The summed E-state index contributed by atoms with van der Waals surface area (Å²) in [6, 6.07) is 1.36. The van der Waals surface area contributed by atoms with Crippen LogP contribution in [0, 0.1) is 11.7 Å². The van der Waals surface area contributed by atoms with E-state index in [1.807, 2.05) is 13.8 Å². The van der Waals surface area contributed by atoms with E-state index in [0.717, 1.165) is 6.20 Å². The molecule has 1 aromatic rings. The fourth-order valence-corrected chi connectivity index (χ4v) is 1.24. The average molecular weight is 289 g/mol. The van der Waals surface area contributed by atoms with Gasteiger partial charge >= 0.3 is 0 Å². The molecule has 88 valence electrons. The lowest BCUT2D eigenvalue weighted by Crippen LogP contribution is -2.32. The van der Waals surface area contributed by atoms with Crippen molar-refractivity contribution in [3.63, 3.8) is 0 Å². The monoisotopic (exact) mass is 288 g/mol. The van der Waals surface area contributed by atoms with Crippen LogP contribution in [0.25, 0.3) is 0 Å². The second kappa shape index (κ2) is 5.94. The zero-order chi connectivity index (χ0) is 12.1. The standard InChI is InChI=1S/C11H14BrFN2O/c1-7(2)9(12)5-15-11(16)8-3-4-14-6-10(8)13/h3-4,6-7,9H,5H2,1-2H3,(H,15,16). The van der Waals surface area contributed by atoms with Gasteiger partial charge in [0.05, 0.1) is 11.8 Å². The van der Waals surface area contributed by atoms with Crippen LogP contribution in [0.4, 0.5) is 4.39 Å². The molecule has 1 unspecified atom stereocenters. The number of rotatable bonds is 4. The number of hydrogen-bond donors (Lipinski definition) is 1. The Balaban J connectivity index is 2.57. The quantitative estimate of drug-likeness (QED) is 0.865. The minimum atomic E-state index is -0.601. The van der Waals surface area contributed by atoms with Crippen LogP contribution in [0.1, 0.15) is 24.2 Å². The molecule has 0 aliphatic rings. The van der Waals surface area contributed by atoms with Crippen LogP contribution < -0.4 is 5.32 Å². The third-order valence-electron chi connectivity index (χ3n) is 2.20. The predicted octanol–water partition coefficient (Wildman–Crippen LogP) is 2.37. The van der Waals surface area contributed by atoms with E-state index in [4.69, 9.17) is 0 Å². The molecule has 1 atom stereocenters. The maximum absolute atomic E-state index is 13.2. The highest BCUT2D eigenvalue weighted by Gasteiger charge is 2.14. The van der Waals surface area contributed by atoms with Crippen LogP contribution in [-0.2, 0) is 0 Å². The summed E-state index contributed by atoms with van der Waals surface area (Å²) in [4.78, 5) is 15.4. The van der Waals surface area contributed by atoms with Crippen molar-refractivity contribution in [2.45, 2.75) is 18.7 Å². The van der Waals surface area contributed by atoms with Crippen molar-refractivity contribution in [3.05, 3.63) is 29.8 Å². The van der Waals surface area contributed by atoms with Gasteiger partial charge in [-0.2, -0.15) is 0 Å². The molecular formula is C11H14BrFN2O. The zero-order valence-electron chi connectivity index (χ0n) is 9.21. The molecule has 0 saturated heterocycles. The van der Waals surface area contributed by atoms with Gasteiger partial charge in [0.25, 0.3) is 5.91 Å². The van der Waals surface area contributed by atoms with Gasteiger partial charge in [-0.05, 0) is 12.0 Å². The number of aromatic nitrogens is 1. The molecule has 0 spiro atoms. The van der Waals surface area contributed by atoms with Crippen molar-refractivity contribution in [2.24, 2.45) is 5.92 Å². The Hall–Kier alpha value is -0.970. The van der Waals surface area contributed by atoms with E-state index in [1.165, 1.54) is 12.3 Å². The molecule has 0 aromatic carbocycles. The second-order valence-electron chi connectivity index (χ2n) is 3.83. The summed E-state index contributed by atoms with van der Waals surface area (Å²) in [5.41, 5.74) is 0.0263. The van der Waals surface area contributed by atoms with Crippen molar-refractivity contribution < 1.29 is 9.18 Å². The van der Waals surface area contributed by atoms with E-state index in [2.05, 4.69) is 26.2 Å². The van der Waals surface area contributed by atoms with Crippen LogP contribution in [-0.4, -0.2) is 22.3 Å². The highest BCUT2D eigenvalue weighted by Crippen LogP contribution is 2.11. The van der Waals surface area contributed by atoms with E-state index in [1.54, 1.807) is 0 Å². The molecule has 0 aliphatic carbocycles. The van der Waals surface area contributed by atoms with Crippen molar-refractivity contribution in [3.8, 4) is 0 Å². The lowest BCUT2D eigenvalue weighted by Gasteiger charge is -2.14. The third-order valence-corrected chi connectivity index (χ3v) is 3.58. The number of carbonyl (C=O) groups is 1. The Morgan fingerprint density at radius 3 is 2.88 bits per heavy atom. The molecule has 1 heterocycles. The number of halogens is 2. The minimum absolute atomic E-state index is 0.0263. The summed E-state index contributed by atoms with van der Waals surface area (Å²) < 4.78 is 13.2. The highest BCUT2D eigenvalue weighted by molar-refractivity contribution is 9.09. The Morgan fingerprint density at radius 2 is 2.31 bits per heavy atom. The van der Waals surface area contributed by atoms with E-state index in [0.29, 0.717) is 12.5 Å². The van der Waals surface area contributed by atoms with Gasteiger partial charge in [-0.15, -0.1) is 0 Å². The van der Waals surface area contributed by atoms with Crippen LogP contribution in [0.2, 0.25) is 0 Å². The molecule has 1 N–H and O–H groups in total. The number of nitrogens with one attached hydrogen (secondary N) is 1.